The molecule has 0 aromatic heterocycles. The minimum absolute atomic E-state index is 0.0435. The van der Waals surface area contributed by atoms with Gasteiger partial charge in [0.05, 0.1) is 6.61 Å². The first kappa shape index (κ1) is 14.2. The van der Waals surface area contributed by atoms with E-state index in [9.17, 15) is 5.11 Å². The Hall–Kier alpha value is -0.200. The van der Waals surface area contributed by atoms with Crippen molar-refractivity contribution in [2.24, 2.45) is 29.6 Å². The molecule has 0 unspecified atom stereocenters. The van der Waals surface area contributed by atoms with Gasteiger partial charge in [0.1, 0.15) is 12.5 Å². The highest BCUT2D eigenvalue weighted by Crippen LogP contribution is 2.72. The van der Waals surface area contributed by atoms with Gasteiger partial charge in [0.25, 0.3) is 0 Å². The first-order valence-corrected chi connectivity index (χ1v) is 8.82. The Bertz CT molecular complexity index is 479. The Kier molecular flexibility index (Phi) is 2.62. The lowest BCUT2D eigenvalue weighted by Gasteiger charge is -2.48. The fourth-order valence-corrected chi connectivity index (χ4v) is 6.51. The molecular formula is C17H27NO4. The van der Waals surface area contributed by atoms with Crippen LogP contribution in [-0.2, 0) is 14.2 Å². The molecule has 4 heterocycles. The summed E-state index contributed by atoms with van der Waals surface area (Å²) in [5, 5.41) is 10.00. The summed E-state index contributed by atoms with van der Waals surface area (Å²) in [5.74, 6) is 1.48. The summed E-state index contributed by atoms with van der Waals surface area (Å²) in [6.45, 7) is 8.77. The van der Waals surface area contributed by atoms with E-state index in [0.29, 0.717) is 29.6 Å². The maximum absolute atomic E-state index is 10.00. The number of likely N-dealkylation sites (tertiary alicyclic amines) is 1. The zero-order valence-electron chi connectivity index (χ0n) is 13.9. The van der Waals surface area contributed by atoms with Gasteiger partial charge in [-0.15, -0.1) is 0 Å². The molecule has 22 heavy (non-hydrogen) atoms. The van der Waals surface area contributed by atoms with E-state index in [2.05, 4.69) is 32.6 Å². The first-order chi connectivity index (χ1) is 10.4. The topological polar surface area (TPSA) is 51.2 Å². The number of aliphatic hydroxyl groups excluding tert-OH is 1. The smallest absolute Gasteiger partial charge is 0.174 e. The van der Waals surface area contributed by atoms with Crippen LogP contribution < -0.4 is 0 Å². The SMILES string of the molecule is CC(C)C[C@H](CO)N1[C@@H]2O[C@]3(C)O[C@]4(C)O[C@H]1[C@@H]1C[C@H]2[C@H]3[C@@H]14. The molecule has 0 aromatic rings. The third-order valence-electron chi connectivity index (χ3n) is 6.88. The minimum Gasteiger partial charge on any atom is -0.395 e. The lowest BCUT2D eigenvalue weighted by Crippen LogP contribution is -2.59. The Morgan fingerprint density at radius 1 is 1.09 bits per heavy atom. The van der Waals surface area contributed by atoms with E-state index in [1.54, 1.807) is 0 Å². The molecular weight excluding hydrogens is 282 g/mol. The maximum Gasteiger partial charge on any atom is 0.174 e. The lowest BCUT2D eigenvalue weighted by molar-refractivity contribution is -0.371. The number of ether oxygens (including phenoxy) is 3. The van der Waals surface area contributed by atoms with E-state index in [1.165, 1.54) is 6.42 Å². The minimum atomic E-state index is -0.509. The first-order valence-electron chi connectivity index (χ1n) is 8.82. The van der Waals surface area contributed by atoms with Crippen molar-refractivity contribution in [3.8, 4) is 0 Å². The van der Waals surface area contributed by atoms with Crippen molar-refractivity contribution in [1.29, 1.82) is 0 Å². The van der Waals surface area contributed by atoms with E-state index in [4.69, 9.17) is 14.2 Å². The summed E-state index contributed by atoms with van der Waals surface area (Å²) in [4.78, 5) is 2.37. The molecule has 5 nitrogen and oxygen atoms in total. The Morgan fingerprint density at radius 2 is 1.64 bits per heavy atom. The van der Waals surface area contributed by atoms with Crippen molar-refractivity contribution in [1.82, 2.24) is 4.90 Å². The van der Waals surface area contributed by atoms with Crippen LogP contribution in [-0.4, -0.2) is 46.7 Å². The molecule has 4 saturated heterocycles. The van der Waals surface area contributed by atoms with Gasteiger partial charge in [-0.3, -0.25) is 0 Å². The molecule has 0 spiro atoms. The van der Waals surface area contributed by atoms with Crippen LogP contribution in [0.1, 0.15) is 40.5 Å². The zero-order valence-corrected chi connectivity index (χ0v) is 13.9. The molecule has 1 saturated carbocycles. The number of rotatable bonds is 4. The standard InChI is InChI=1S/C17H27NO4/c1-8(2)5-9(7-19)18-14-10-6-11-13-12(10)16(3,20-14)22-17(13,4)21-15(11)18/h8-15,19H,5-7H2,1-4H3/t9-,10-,11+,12-,13+,14+,15-,16+,17-/m1/s1. The average molecular weight is 309 g/mol. The molecule has 0 amide bonds. The summed E-state index contributed by atoms with van der Waals surface area (Å²) in [6, 6.07) is 0.113. The van der Waals surface area contributed by atoms with E-state index in [1.807, 2.05) is 0 Å². The molecule has 5 heteroatoms. The maximum atomic E-state index is 10.00. The van der Waals surface area contributed by atoms with Crippen molar-refractivity contribution in [2.75, 3.05) is 6.61 Å². The second kappa shape index (κ2) is 4.06. The van der Waals surface area contributed by atoms with Crippen molar-refractivity contribution >= 4 is 0 Å². The highest BCUT2D eigenvalue weighted by molar-refractivity contribution is 5.19. The van der Waals surface area contributed by atoms with Crippen LogP contribution in [0.25, 0.3) is 0 Å². The largest absolute Gasteiger partial charge is 0.395 e. The van der Waals surface area contributed by atoms with Gasteiger partial charge in [-0.05, 0) is 32.6 Å². The zero-order chi connectivity index (χ0) is 15.4. The predicted octanol–water partition coefficient (Wildman–Crippen LogP) is 1.75. The lowest BCUT2D eigenvalue weighted by atomic mass is 9.83. The second-order valence-electron chi connectivity index (χ2n) is 8.68. The number of aliphatic hydroxyl groups is 1. The van der Waals surface area contributed by atoms with Gasteiger partial charge in [0, 0.05) is 29.7 Å². The Morgan fingerprint density at radius 3 is 2.09 bits per heavy atom. The molecule has 5 rings (SSSR count). The summed E-state index contributed by atoms with van der Waals surface area (Å²) >= 11 is 0. The second-order valence-corrected chi connectivity index (χ2v) is 8.68. The normalized spacial score (nSPS) is 59.2. The molecule has 124 valence electrons. The summed E-state index contributed by atoms with van der Waals surface area (Å²) in [5.41, 5.74) is 0. The molecule has 4 aliphatic heterocycles. The van der Waals surface area contributed by atoms with Crippen molar-refractivity contribution < 1.29 is 19.3 Å². The Balaban J connectivity index is 1.58. The van der Waals surface area contributed by atoms with Gasteiger partial charge < -0.3 is 19.3 Å². The fourth-order valence-electron chi connectivity index (χ4n) is 6.51. The average Bonchev–Trinajstić information content (AvgIpc) is 3.04. The van der Waals surface area contributed by atoms with E-state index >= 15 is 0 Å². The third-order valence-corrected chi connectivity index (χ3v) is 6.88. The molecule has 1 aliphatic carbocycles. The molecule has 9 atom stereocenters. The highest BCUT2D eigenvalue weighted by Gasteiger charge is 2.81. The van der Waals surface area contributed by atoms with Gasteiger partial charge in [-0.2, -0.15) is 0 Å². The van der Waals surface area contributed by atoms with E-state index < -0.39 is 11.6 Å². The highest BCUT2D eigenvalue weighted by atomic mass is 16.8. The van der Waals surface area contributed by atoms with Gasteiger partial charge in [0.2, 0.25) is 0 Å². The van der Waals surface area contributed by atoms with Gasteiger partial charge >= 0.3 is 0 Å². The summed E-state index contributed by atoms with van der Waals surface area (Å²) in [7, 11) is 0. The molecule has 1 N–H and O–H groups in total. The van der Waals surface area contributed by atoms with Crippen LogP contribution >= 0.6 is 0 Å². The molecule has 0 radical (unpaired) electrons. The van der Waals surface area contributed by atoms with Crippen LogP contribution in [0.4, 0.5) is 0 Å². The number of nitrogens with zero attached hydrogens (tertiary/aromatic N) is 1. The van der Waals surface area contributed by atoms with Crippen molar-refractivity contribution in [3.05, 3.63) is 0 Å². The number of piperidine rings is 1. The molecule has 2 bridgehead atoms. The van der Waals surface area contributed by atoms with E-state index in [0.717, 1.165) is 6.42 Å². The van der Waals surface area contributed by atoms with Gasteiger partial charge in [-0.25, -0.2) is 4.90 Å². The van der Waals surface area contributed by atoms with Gasteiger partial charge in [-0.1, -0.05) is 13.8 Å². The Labute approximate surface area is 131 Å². The molecule has 5 fully saturated rings. The quantitative estimate of drug-likeness (QED) is 0.857. The van der Waals surface area contributed by atoms with Crippen LogP contribution in [0, 0.1) is 29.6 Å². The predicted molar refractivity (Wildman–Crippen MR) is 78.4 cm³/mol. The van der Waals surface area contributed by atoms with Crippen LogP contribution in [0.5, 0.6) is 0 Å². The summed E-state index contributed by atoms with van der Waals surface area (Å²) in [6.07, 6.45) is 2.25. The number of hydrogen-bond acceptors (Lipinski definition) is 5. The van der Waals surface area contributed by atoms with Crippen LogP contribution in [0.15, 0.2) is 0 Å². The van der Waals surface area contributed by atoms with Crippen LogP contribution in [0.3, 0.4) is 0 Å². The fraction of sp³-hybridized carbons (Fsp3) is 1.00. The molecule has 5 aliphatic rings. The molecule has 0 aromatic carbocycles. The number of hydrogen-bond donors (Lipinski definition) is 1. The van der Waals surface area contributed by atoms with Crippen molar-refractivity contribution in [2.45, 2.75) is 70.6 Å². The van der Waals surface area contributed by atoms with Gasteiger partial charge in [0.15, 0.2) is 11.6 Å². The van der Waals surface area contributed by atoms with Crippen molar-refractivity contribution in [3.63, 3.8) is 0 Å². The van der Waals surface area contributed by atoms with Crippen LogP contribution in [0.2, 0.25) is 0 Å². The summed E-state index contributed by atoms with van der Waals surface area (Å²) < 4.78 is 19.2. The monoisotopic (exact) mass is 309 g/mol. The van der Waals surface area contributed by atoms with E-state index in [-0.39, 0.29) is 25.1 Å². The third kappa shape index (κ3) is 1.44.